The van der Waals surface area contributed by atoms with E-state index >= 15 is 0 Å². The van der Waals surface area contributed by atoms with Crippen LogP contribution in [0.4, 0.5) is 0 Å². The van der Waals surface area contributed by atoms with Gasteiger partial charge in [-0.3, -0.25) is 9.59 Å². The molecule has 0 fully saturated rings. The molecule has 0 aromatic rings. The molecule has 0 aromatic heterocycles. The summed E-state index contributed by atoms with van der Waals surface area (Å²) in [6, 6.07) is 0. The normalized spacial score (nSPS) is 11.6. The molecule has 0 aliphatic rings. The Kier molecular flexibility index (Phi) is 6.15. The van der Waals surface area contributed by atoms with E-state index in [9.17, 15) is 9.59 Å². The van der Waals surface area contributed by atoms with Gasteiger partial charge in [0.2, 0.25) is 0 Å². The van der Waals surface area contributed by atoms with Crippen molar-refractivity contribution >= 4 is 11.9 Å². The molecule has 0 bridgehead atoms. The standard InChI is InChI=1S/C12H18O4/c1-6-9(7-8(2)3)10(11(13)15-4)12(14)16-5/h6-7,9-10H,1H2,2-5H3/t9-/m0/s1. The fraction of sp³-hybridized carbons (Fsp3) is 0.500. The number of hydrogen-bond donors (Lipinski definition) is 0. The minimum Gasteiger partial charge on any atom is -0.468 e. The third-order valence-electron chi connectivity index (χ3n) is 2.09. The van der Waals surface area contributed by atoms with Crippen LogP contribution in [0.25, 0.3) is 0 Å². The zero-order valence-corrected chi connectivity index (χ0v) is 10.1. The van der Waals surface area contributed by atoms with Crippen molar-refractivity contribution in [2.75, 3.05) is 14.2 Å². The predicted molar refractivity (Wildman–Crippen MR) is 60.6 cm³/mol. The number of rotatable bonds is 5. The summed E-state index contributed by atoms with van der Waals surface area (Å²) in [5, 5.41) is 0. The smallest absolute Gasteiger partial charge is 0.320 e. The molecule has 0 spiro atoms. The second kappa shape index (κ2) is 6.82. The van der Waals surface area contributed by atoms with Gasteiger partial charge in [-0.05, 0) is 13.8 Å². The van der Waals surface area contributed by atoms with Gasteiger partial charge >= 0.3 is 11.9 Å². The maximum Gasteiger partial charge on any atom is 0.320 e. The average Bonchev–Trinajstić information content (AvgIpc) is 2.26. The van der Waals surface area contributed by atoms with Crippen molar-refractivity contribution in [3.8, 4) is 0 Å². The Labute approximate surface area is 95.9 Å². The Morgan fingerprint density at radius 1 is 1.12 bits per heavy atom. The average molecular weight is 226 g/mol. The van der Waals surface area contributed by atoms with Crippen LogP contribution < -0.4 is 0 Å². The van der Waals surface area contributed by atoms with E-state index in [1.807, 2.05) is 13.8 Å². The lowest BCUT2D eigenvalue weighted by atomic mass is 9.90. The first-order valence-corrected chi connectivity index (χ1v) is 4.91. The largest absolute Gasteiger partial charge is 0.468 e. The molecule has 0 saturated heterocycles. The molecular weight excluding hydrogens is 208 g/mol. The Bertz CT molecular complexity index is 284. The number of allylic oxidation sites excluding steroid dienone is 3. The van der Waals surface area contributed by atoms with Crippen molar-refractivity contribution in [2.24, 2.45) is 11.8 Å². The van der Waals surface area contributed by atoms with Gasteiger partial charge in [0.15, 0.2) is 5.92 Å². The minimum absolute atomic E-state index is 0.412. The molecule has 90 valence electrons. The quantitative estimate of drug-likeness (QED) is 0.407. The molecule has 0 aliphatic carbocycles. The first kappa shape index (κ1) is 14.4. The van der Waals surface area contributed by atoms with Crippen molar-refractivity contribution in [3.05, 3.63) is 24.3 Å². The maximum atomic E-state index is 11.5. The summed E-state index contributed by atoms with van der Waals surface area (Å²) in [6.07, 6.45) is 3.32. The molecule has 0 aromatic carbocycles. The minimum atomic E-state index is -0.984. The molecule has 0 amide bonds. The van der Waals surface area contributed by atoms with Crippen LogP contribution in [0.2, 0.25) is 0 Å². The molecule has 0 N–H and O–H groups in total. The van der Waals surface area contributed by atoms with E-state index in [2.05, 4.69) is 16.1 Å². The van der Waals surface area contributed by atoms with Gasteiger partial charge in [-0.25, -0.2) is 0 Å². The highest BCUT2D eigenvalue weighted by Crippen LogP contribution is 2.19. The Balaban J connectivity index is 5.13. The highest BCUT2D eigenvalue weighted by atomic mass is 16.5. The second-order valence-corrected chi connectivity index (χ2v) is 3.58. The number of ether oxygens (including phenoxy) is 2. The maximum absolute atomic E-state index is 11.5. The van der Waals surface area contributed by atoms with Crippen LogP contribution in [0.5, 0.6) is 0 Å². The van der Waals surface area contributed by atoms with Crippen molar-refractivity contribution in [2.45, 2.75) is 13.8 Å². The monoisotopic (exact) mass is 226 g/mol. The van der Waals surface area contributed by atoms with Crippen LogP contribution in [0.3, 0.4) is 0 Å². The number of hydrogen-bond acceptors (Lipinski definition) is 4. The van der Waals surface area contributed by atoms with Crippen LogP contribution in [0, 0.1) is 11.8 Å². The fourth-order valence-electron chi connectivity index (χ4n) is 1.35. The van der Waals surface area contributed by atoms with Crippen molar-refractivity contribution in [3.63, 3.8) is 0 Å². The zero-order valence-electron chi connectivity index (χ0n) is 10.1. The Hall–Kier alpha value is -1.58. The first-order chi connectivity index (χ1) is 7.47. The lowest BCUT2D eigenvalue weighted by molar-refractivity contribution is -0.159. The number of methoxy groups -OCH3 is 2. The van der Waals surface area contributed by atoms with Crippen LogP contribution in [-0.2, 0) is 19.1 Å². The van der Waals surface area contributed by atoms with Gasteiger partial charge in [0, 0.05) is 5.92 Å². The molecular formula is C12H18O4. The summed E-state index contributed by atoms with van der Waals surface area (Å²) in [5.74, 6) is -2.63. The summed E-state index contributed by atoms with van der Waals surface area (Å²) in [5.41, 5.74) is 0.989. The molecule has 0 rings (SSSR count). The van der Waals surface area contributed by atoms with Gasteiger partial charge in [-0.15, -0.1) is 6.58 Å². The predicted octanol–water partition coefficient (Wildman–Crippen LogP) is 1.72. The third kappa shape index (κ3) is 3.88. The number of esters is 2. The Morgan fingerprint density at radius 2 is 1.56 bits per heavy atom. The van der Waals surface area contributed by atoms with Crippen LogP contribution in [0.15, 0.2) is 24.3 Å². The molecule has 0 heterocycles. The van der Waals surface area contributed by atoms with E-state index in [0.29, 0.717) is 0 Å². The highest BCUT2D eigenvalue weighted by molar-refractivity contribution is 5.95. The molecule has 0 radical (unpaired) electrons. The van der Waals surface area contributed by atoms with Gasteiger partial charge in [-0.1, -0.05) is 17.7 Å². The van der Waals surface area contributed by atoms with Crippen molar-refractivity contribution in [1.82, 2.24) is 0 Å². The summed E-state index contributed by atoms with van der Waals surface area (Å²) >= 11 is 0. The third-order valence-corrected chi connectivity index (χ3v) is 2.09. The van der Waals surface area contributed by atoms with Gasteiger partial charge in [0.05, 0.1) is 14.2 Å². The van der Waals surface area contributed by atoms with E-state index in [4.69, 9.17) is 0 Å². The van der Waals surface area contributed by atoms with Crippen molar-refractivity contribution < 1.29 is 19.1 Å². The van der Waals surface area contributed by atoms with Gasteiger partial charge in [-0.2, -0.15) is 0 Å². The molecule has 1 atom stereocenters. The molecule has 0 saturated carbocycles. The van der Waals surface area contributed by atoms with E-state index < -0.39 is 23.8 Å². The lowest BCUT2D eigenvalue weighted by Gasteiger charge is -2.17. The van der Waals surface area contributed by atoms with E-state index in [1.165, 1.54) is 20.3 Å². The Morgan fingerprint density at radius 3 is 1.81 bits per heavy atom. The SMILES string of the molecule is C=C[C@@H](C=C(C)C)C(C(=O)OC)C(=O)OC. The summed E-state index contributed by atoms with van der Waals surface area (Å²) in [4.78, 5) is 23.0. The van der Waals surface area contributed by atoms with Crippen molar-refractivity contribution in [1.29, 1.82) is 0 Å². The fourth-order valence-corrected chi connectivity index (χ4v) is 1.35. The number of carbonyl (C=O) groups excluding carboxylic acids is 2. The summed E-state index contributed by atoms with van der Waals surface area (Å²) in [6.45, 7) is 7.36. The van der Waals surface area contributed by atoms with Crippen LogP contribution in [0.1, 0.15) is 13.8 Å². The summed E-state index contributed by atoms with van der Waals surface area (Å²) < 4.78 is 9.17. The molecule has 4 nitrogen and oxygen atoms in total. The molecule has 16 heavy (non-hydrogen) atoms. The highest BCUT2D eigenvalue weighted by Gasteiger charge is 2.34. The van der Waals surface area contributed by atoms with E-state index in [-0.39, 0.29) is 0 Å². The van der Waals surface area contributed by atoms with Gasteiger partial charge in [0.1, 0.15) is 0 Å². The topological polar surface area (TPSA) is 52.6 Å². The number of carbonyl (C=O) groups is 2. The molecule has 0 aliphatic heterocycles. The first-order valence-electron chi connectivity index (χ1n) is 4.91. The zero-order chi connectivity index (χ0) is 12.7. The van der Waals surface area contributed by atoms with Gasteiger partial charge in [0.25, 0.3) is 0 Å². The lowest BCUT2D eigenvalue weighted by Crippen LogP contribution is -2.31. The molecule has 0 unspecified atom stereocenters. The van der Waals surface area contributed by atoms with Crippen LogP contribution in [-0.4, -0.2) is 26.2 Å². The second-order valence-electron chi connectivity index (χ2n) is 3.58. The molecule has 4 heteroatoms. The van der Waals surface area contributed by atoms with Crippen LogP contribution >= 0.6 is 0 Å². The van der Waals surface area contributed by atoms with E-state index in [0.717, 1.165) is 5.57 Å². The summed E-state index contributed by atoms with van der Waals surface area (Å²) in [7, 11) is 2.47. The van der Waals surface area contributed by atoms with E-state index in [1.54, 1.807) is 6.08 Å². The van der Waals surface area contributed by atoms with Gasteiger partial charge < -0.3 is 9.47 Å².